The van der Waals surface area contributed by atoms with Gasteiger partial charge in [0.2, 0.25) is 5.91 Å². The van der Waals surface area contributed by atoms with Crippen molar-refractivity contribution in [3.05, 3.63) is 24.0 Å². The summed E-state index contributed by atoms with van der Waals surface area (Å²) in [5, 5.41) is 6.40. The summed E-state index contributed by atoms with van der Waals surface area (Å²) in [6, 6.07) is 2.29. The first-order chi connectivity index (χ1) is 8.80. The van der Waals surface area contributed by atoms with Crippen molar-refractivity contribution in [2.24, 2.45) is 0 Å². The molecule has 19 heavy (non-hydrogen) atoms. The maximum absolute atomic E-state index is 11.8. The van der Waals surface area contributed by atoms with Crippen molar-refractivity contribution in [2.75, 3.05) is 0 Å². The highest BCUT2D eigenvalue weighted by Crippen LogP contribution is 2.05. The Hall–Kier alpha value is -1.29. The minimum absolute atomic E-state index is 0.0697. The van der Waals surface area contributed by atoms with Gasteiger partial charge in [-0.15, -0.1) is 0 Å². The van der Waals surface area contributed by atoms with E-state index in [1.165, 1.54) is 5.56 Å². The summed E-state index contributed by atoms with van der Waals surface area (Å²) in [7, 11) is 0. The molecule has 0 spiro atoms. The summed E-state index contributed by atoms with van der Waals surface area (Å²) >= 11 is 0. The summed E-state index contributed by atoms with van der Waals surface area (Å²) in [6.07, 6.45) is 4.93. The van der Waals surface area contributed by atoms with Gasteiger partial charge in [0.1, 0.15) is 6.54 Å². The number of amides is 1. The SMILES string of the molecule is CCC(C)NC(=O)Cn1ccc(CNC(C)(C)C)c1. The third-order valence-electron chi connectivity index (χ3n) is 2.98. The molecule has 0 aliphatic heterocycles. The summed E-state index contributed by atoms with van der Waals surface area (Å²) in [5.74, 6) is 0.0697. The lowest BCUT2D eigenvalue weighted by atomic mass is 10.1. The van der Waals surface area contributed by atoms with Crippen molar-refractivity contribution < 1.29 is 4.79 Å². The quantitative estimate of drug-likeness (QED) is 0.829. The molecule has 1 atom stereocenters. The van der Waals surface area contributed by atoms with Crippen molar-refractivity contribution in [3.8, 4) is 0 Å². The molecule has 1 aromatic heterocycles. The smallest absolute Gasteiger partial charge is 0.240 e. The molecule has 0 radical (unpaired) electrons. The average molecular weight is 265 g/mol. The number of carbonyl (C=O) groups excluding carboxylic acids is 1. The molecule has 0 saturated heterocycles. The molecule has 1 unspecified atom stereocenters. The number of hydrogen-bond acceptors (Lipinski definition) is 2. The topological polar surface area (TPSA) is 46.1 Å². The van der Waals surface area contributed by atoms with Gasteiger partial charge in [0, 0.05) is 30.5 Å². The molecule has 0 saturated carbocycles. The molecular weight excluding hydrogens is 238 g/mol. The summed E-state index contributed by atoms with van der Waals surface area (Å²) in [5.41, 5.74) is 1.31. The molecule has 1 rings (SSSR count). The molecule has 4 heteroatoms. The van der Waals surface area contributed by atoms with Crippen molar-refractivity contribution in [3.63, 3.8) is 0 Å². The van der Waals surface area contributed by atoms with E-state index in [0.717, 1.165) is 13.0 Å². The molecule has 0 bridgehead atoms. The Morgan fingerprint density at radius 1 is 1.42 bits per heavy atom. The first kappa shape index (κ1) is 15.8. The van der Waals surface area contributed by atoms with E-state index in [1.807, 2.05) is 23.9 Å². The predicted molar refractivity (Wildman–Crippen MR) is 78.9 cm³/mol. The fourth-order valence-electron chi connectivity index (χ4n) is 1.65. The Morgan fingerprint density at radius 2 is 2.11 bits per heavy atom. The van der Waals surface area contributed by atoms with E-state index < -0.39 is 0 Å². The van der Waals surface area contributed by atoms with E-state index >= 15 is 0 Å². The average Bonchev–Trinajstić information content (AvgIpc) is 2.73. The van der Waals surface area contributed by atoms with Crippen LogP contribution in [0.1, 0.15) is 46.6 Å². The highest BCUT2D eigenvalue weighted by Gasteiger charge is 2.10. The molecule has 0 aliphatic rings. The maximum atomic E-state index is 11.8. The molecule has 1 amide bonds. The van der Waals surface area contributed by atoms with Crippen LogP contribution in [0.15, 0.2) is 18.5 Å². The van der Waals surface area contributed by atoms with Gasteiger partial charge < -0.3 is 15.2 Å². The van der Waals surface area contributed by atoms with Crippen molar-refractivity contribution >= 4 is 5.91 Å². The number of aromatic nitrogens is 1. The minimum Gasteiger partial charge on any atom is -0.352 e. The number of hydrogen-bond donors (Lipinski definition) is 2. The number of carbonyl (C=O) groups is 1. The number of rotatable bonds is 6. The standard InChI is InChI=1S/C15H27N3O/c1-6-12(2)17-14(19)11-18-8-7-13(10-18)9-16-15(3,4)5/h7-8,10,12,16H,6,9,11H2,1-5H3,(H,17,19). The Bertz CT molecular complexity index is 404. The first-order valence-corrected chi connectivity index (χ1v) is 6.99. The minimum atomic E-state index is 0.0697. The predicted octanol–water partition coefficient (Wildman–Crippen LogP) is 2.29. The lowest BCUT2D eigenvalue weighted by molar-refractivity contribution is -0.122. The van der Waals surface area contributed by atoms with E-state index in [0.29, 0.717) is 6.54 Å². The number of nitrogens with zero attached hydrogens (tertiary/aromatic N) is 1. The van der Waals surface area contributed by atoms with E-state index in [-0.39, 0.29) is 17.5 Å². The zero-order chi connectivity index (χ0) is 14.5. The summed E-state index contributed by atoms with van der Waals surface area (Å²) < 4.78 is 1.93. The zero-order valence-corrected chi connectivity index (χ0v) is 12.8. The van der Waals surface area contributed by atoms with Gasteiger partial charge >= 0.3 is 0 Å². The third-order valence-corrected chi connectivity index (χ3v) is 2.98. The van der Waals surface area contributed by atoms with Crippen LogP contribution in [0.25, 0.3) is 0 Å². The van der Waals surface area contributed by atoms with Gasteiger partial charge in [-0.2, -0.15) is 0 Å². The highest BCUT2D eigenvalue weighted by molar-refractivity contribution is 5.76. The number of nitrogens with one attached hydrogen (secondary N) is 2. The monoisotopic (exact) mass is 265 g/mol. The zero-order valence-electron chi connectivity index (χ0n) is 12.8. The van der Waals surface area contributed by atoms with E-state index in [1.54, 1.807) is 0 Å². The summed E-state index contributed by atoms with van der Waals surface area (Å²) in [4.78, 5) is 11.8. The Labute approximate surface area is 116 Å². The van der Waals surface area contributed by atoms with E-state index in [4.69, 9.17) is 0 Å². The maximum Gasteiger partial charge on any atom is 0.240 e. The molecule has 0 aliphatic carbocycles. The van der Waals surface area contributed by atoms with Gasteiger partial charge in [0.15, 0.2) is 0 Å². The van der Waals surface area contributed by atoms with Crippen molar-refractivity contribution in [1.29, 1.82) is 0 Å². The third kappa shape index (κ3) is 6.43. The molecule has 1 heterocycles. The van der Waals surface area contributed by atoms with E-state index in [9.17, 15) is 4.79 Å². The molecule has 2 N–H and O–H groups in total. The van der Waals surface area contributed by atoms with Crippen LogP contribution in [0, 0.1) is 0 Å². The molecule has 0 fully saturated rings. The summed E-state index contributed by atoms with van der Waals surface area (Å²) in [6.45, 7) is 11.7. The van der Waals surface area contributed by atoms with Crippen LogP contribution >= 0.6 is 0 Å². The van der Waals surface area contributed by atoms with Crippen LogP contribution in [0.4, 0.5) is 0 Å². The molecular formula is C15H27N3O. The van der Waals surface area contributed by atoms with Gasteiger partial charge in [-0.25, -0.2) is 0 Å². The Morgan fingerprint density at radius 3 is 2.68 bits per heavy atom. The fourth-order valence-corrected chi connectivity index (χ4v) is 1.65. The molecule has 4 nitrogen and oxygen atoms in total. The lowest BCUT2D eigenvalue weighted by Crippen LogP contribution is -2.35. The lowest BCUT2D eigenvalue weighted by Gasteiger charge is -2.19. The van der Waals surface area contributed by atoms with E-state index in [2.05, 4.69) is 44.4 Å². The second kappa shape index (κ2) is 6.75. The van der Waals surface area contributed by atoms with Crippen LogP contribution in [0.3, 0.4) is 0 Å². The van der Waals surface area contributed by atoms with Crippen molar-refractivity contribution in [2.45, 2.75) is 65.7 Å². The fraction of sp³-hybridized carbons (Fsp3) is 0.667. The molecule has 108 valence electrons. The molecule has 0 aromatic carbocycles. The largest absolute Gasteiger partial charge is 0.352 e. The van der Waals surface area contributed by atoms with Gasteiger partial charge in [0.25, 0.3) is 0 Å². The molecule has 1 aromatic rings. The van der Waals surface area contributed by atoms with Crippen LogP contribution in [-0.2, 0) is 17.9 Å². The highest BCUT2D eigenvalue weighted by atomic mass is 16.2. The van der Waals surface area contributed by atoms with Crippen LogP contribution in [0.2, 0.25) is 0 Å². The Kier molecular flexibility index (Phi) is 5.60. The van der Waals surface area contributed by atoms with Gasteiger partial charge in [-0.05, 0) is 45.7 Å². The first-order valence-electron chi connectivity index (χ1n) is 6.99. The normalized spacial score (nSPS) is 13.3. The van der Waals surface area contributed by atoms with Gasteiger partial charge in [-0.1, -0.05) is 6.92 Å². The Balaban J connectivity index is 2.44. The second-order valence-corrected chi connectivity index (χ2v) is 6.17. The second-order valence-electron chi connectivity index (χ2n) is 6.17. The van der Waals surface area contributed by atoms with Crippen LogP contribution in [-0.4, -0.2) is 22.1 Å². The van der Waals surface area contributed by atoms with Gasteiger partial charge in [0.05, 0.1) is 0 Å². The van der Waals surface area contributed by atoms with Crippen molar-refractivity contribution in [1.82, 2.24) is 15.2 Å². The van der Waals surface area contributed by atoms with Crippen LogP contribution in [0.5, 0.6) is 0 Å². The van der Waals surface area contributed by atoms with Crippen LogP contribution < -0.4 is 10.6 Å². The van der Waals surface area contributed by atoms with Gasteiger partial charge in [-0.3, -0.25) is 4.79 Å².